The van der Waals surface area contributed by atoms with Gasteiger partial charge in [-0.25, -0.2) is 4.79 Å². The van der Waals surface area contributed by atoms with Crippen LogP contribution in [0.5, 0.6) is 0 Å². The second-order valence-corrected chi connectivity index (χ2v) is 10.00. The molecule has 2 unspecified atom stereocenters. The van der Waals surface area contributed by atoms with Crippen molar-refractivity contribution in [2.45, 2.75) is 37.6 Å². The number of fused-ring (bicyclic) bond motifs is 3. The van der Waals surface area contributed by atoms with Crippen LogP contribution in [0.3, 0.4) is 0 Å². The Bertz CT molecular complexity index is 990. The van der Waals surface area contributed by atoms with Crippen molar-refractivity contribution in [3.63, 3.8) is 0 Å². The van der Waals surface area contributed by atoms with Crippen molar-refractivity contribution in [2.24, 2.45) is 5.92 Å². The van der Waals surface area contributed by atoms with Gasteiger partial charge in [-0.1, -0.05) is 48.5 Å². The van der Waals surface area contributed by atoms with Gasteiger partial charge in [0.05, 0.1) is 6.42 Å². The van der Waals surface area contributed by atoms with E-state index in [1.807, 2.05) is 48.2 Å². The summed E-state index contributed by atoms with van der Waals surface area (Å²) in [7, 11) is 0. The maximum atomic E-state index is 12.7. The Balaban J connectivity index is 1.35. The van der Waals surface area contributed by atoms with Gasteiger partial charge in [-0.05, 0) is 58.9 Å². The van der Waals surface area contributed by atoms with Gasteiger partial charge < -0.3 is 20.5 Å². The standard InChI is InChI=1S/C26H30N2O5S/c29-24(30)14-23(25(31)27-15-17-6-5-12-34-13-11-17)28-26(32)33-16-22-20-9-3-1-7-18(20)19-8-2-4-10-21(19)22/h1-4,7-10,17,22-23H,5-6,11-16H2,(H,27,31)(H,28,32)(H,29,30). The highest BCUT2D eigenvalue weighted by Gasteiger charge is 2.30. The molecule has 0 bridgehead atoms. The number of hydrogen-bond acceptors (Lipinski definition) is 5. The third-order valence-electron chi connectivity index (χ3n) is 6.47. The van der Waals surface area contributed by atoms with E-state index in [9.17, 15) is 19.5 Å². The Labute approximate surface area is 203 Å². The van der Waals surface area contributed by atoms with E-state index in [0.717, 1.165) is 53.0 Å². The second kappa shape index (κ2) is 11.4. The number of carbonyl (C=O) groups is 3. The van der Waals surface area contributed by atoms with E-state index in [-0.39, 0.29) is 12.5 Å². The highest BCUT2D eigenvalue weighted by molar-refractivity contribution is 7.99. The van der Waals surface area contributed by atoms with Gasteiger partial charge in [0.25, 0.3) is 0 Å². The number of aliphatic carboxylic acids is 1. The predicted molar refractivity (Wildman–Crippen MR) is 132 cm³/mol. The molecule has 4 rings (SSSR count). The van der Waals surface area contributed by atoms with E-state index in [4.69, 9.17) is 4.74 Å². The molecule has 1 saturated heterocycles. The number of hydrogen-bond donors (Lipinski definition) is 3. The number of benzene rings is 2. The molecular weight excluding hydrogens is 452 g/mol. The lowest BCUT2D eigenvalue weighted by molar-refractivity contribution is -0.139. The quantitative estimate of drug-likeness (QED) is 0.525. The van der Waals surface area contributed by atoms with Gasteiger partial charge >= 0.3 is 12.1 Å². The van der Waals surface area contributed by atoms with Crippen LogP contribution >= 0.6 is 11.8 Å². The van der Waals surface area contributed by atoms with Crippen LogP contribution in [0.25, 0.3) is 11.1 Å². The Hall–Kier alpha value is -3.00. The van der Waals surface area contributed by atoms with Gasteiger partial charge in [0, 0.05) is 12.5 Å². The molecule has 2 aromatic carbocycles. The minimum Gasteiger partial charge on any atom is -0.481 e. The third-order valence-corrected chi connectivity index (χ3v) is 7.57. The molecule has 2 atom stereocenters. The van der Waals surface area contributed by atoms with Crippen LogP contribution in [0.2, 0.25) is 0 Å². The summed E-state index contributed by atoms with van der Waals surface area (Å²) in [5, 5.41) is 14.5. The normalized spacial score (nSPS) is 18.2. The Morgan fingerprint density at radius 1 is 1.00 bits per heavy atom. The average Bonchev–Trinajstić information content (AvgIpc) is 2.96. The molecule has 0 saturated carbocycles. The summed E-state index contributed by atoms with van der Waals surface area (Å²) in [6, 6.07) is 14.8. The van der Waals surface area contributed by atoms with Crippen LogP contribution in [0, 0.1) is 5.92 Å². The Kier molecular flexibility index (Phi) is 8.11. The summed E-state index contributed by atoms with van der Waals surface area (Å²) in [5.74, 6) is 0.807. The number of ether oxygens (including phenoxy) is 1. The van der Waals surface area contributed by atoms with E-state index in [2.05, 4.69) is 22.8 Å². The number of rotatable bonds is 8. The largest absolute Gasteiger partial charge is 0.481 e. The van der Waals surface area contributed by atoms with Crippen LogP contribution < -0.4 is 10.6 Å². The van der Waals surface area contributed by atoms with E-state index in [0.29, 0.717) is 12.5 Å². The fourth-order valence-corrected chi connectivity index (χ4v) is 5.78. The minimum atomic E-state index is -1.19. The number of carboxylic acid groups (broad SMARTS) is 1. The van der Waals surface area contributed by atoms with E-state index in [1.165, 1.54) is 0 Å². The van der Waals surface area contributed by atoms with Crippen LogP contribution in [-0.2, 0) is 14.3 Å². The molecule has 8 heteroatoms. The fraction of sp³-hybridized carbons (Fsp3) is 0.423. The molecule has 1 heterocycles. The molecule has 3 N–H and O–H groups in total. The van der Waals surface area contributed by atoms with Crippen molar-refractivity contribution in [3.8, 4) is 11.1 Å². The highest BCUT2D eigenvalue weighted by atomic mass is 32.2. The van der Waals surface area contributed by atoms with Gasteiger partial charge in [0.2, 0.25) is 5.91 Å². The molecule has 1 aliphatic heterocycles. The average molecular weight is 483 g/mol. The maximum Gasteiger partial charge on any atom is 0.407 e. The molecule has 0 spiro atoms. The highest BCUT2D eigenvalue weighted by Crippen LogP contribution is 2.44. The monoisotopic (exact) mass is 482 g/mol. The van der Waals surface area contributed by atoms with Gasteiger partial charge in [0.15, 0.2) is 0 Å². The van der Waals surface area contributed by atoms with Crippen LogP contribution in [0.4, 0.5) is 4.79 Å². The van der Waals surface area contributed by atoms with Crippen molar-refractivity contribution in [1.29, 1.82) is 0 Å². The summed E-state index contributed by atoms with van der Waals surface area (Å²) < 4.78 is 5.49. The second-order valence-electron chi connectivity index (χ2n) is 8.77. The molecule has 1 fully saturated rings. The zero-order valence-electron chi connectivity index (χ0n) is 19.0. The van der Waals surface area contributed by atoms with Crippen molar-refractivity contribution in [1.82, 2.24) is 10.6 Å². The van der Waals surface area contributed by atoms with Crippen molar-refractivity contribution < 1.29 is 24.2 Å². The van der Waals surface area contributed by atoms with Crippen molar-refractivity contribution >= 4 is 29.7 Å². The smallest absolute Gasteiger partial charge is 0.407 e. The van der Waals surface area contributed by atoms with Gasteiger partial charge in [-0.2, -0.15) is 11.8 Å². The van der Waals surface area contributed by atoms with E-state index in [1.54, 1.807) is 0 Å². The summed E-state index contributed by atoms with van der Waals surface area (Å²) in [5.41, 5.74) is 4.40. The number of carboxylic acids is 1. The Morgan fingerprint density at radius 3 is 2.35 bits per heavy atom. The van der Waals surface area contributed by atoms with Crippen LogP contribution in [-0.4, -0.2) is 53.8 Å². The fourth-order valence-electron chi connectivity index (χ4n) is 4.71. The first-order valence-corrected chi connectivity index (χ1v) is 12.9. The first-order chi connectivity index (χ1) is 16.5. The van der Waals surface area contributed by atoms with Crippen molar-refractivity contribution in [3.05, 3.63) is 59.7 Å². The molecule has 0 radical (unpaired) electrons. The minimum absolute atomic E-state index is 0.0982. The van der Waals surface area contributed by atoms with Crippen LogP contribution in [0.15, 0.2) is 48.5 Å². The summed E-state index contributed by atoms with van der Waals surface area (Å²) in [6.45, 7) is 0.586. The zero-order valence-corrected chi connectivity index (χ0v) is 19.8. The lowest BCUT2D eigenvalue weighted by Crippen LogP contribution is -2.49. The first-order valence-electron chi connectivity index (χ1n) is 11.7. The zero-order chi connectivity index (χ0) is 23.9. The molecule has 7 nitrogen and oxygen atoms in total. The third kappa shape index (κ3) is 5.91. The first kappa shape index (κ1) is 24.1. The SMILES string of the molecule is O=C(O)CC(NC(=O)OCC1c2ccccc2-c2ccccc21)C(=O)NCC1CCCSCC1. The summed E-state index contributed by atoms with van der Waals surface area (Å²) >= 11 is 1.92. The molecule has 1 aliphatic carbocycles. The molecule has 2 aliphatic rings. The van der Waals surface area contributed by atoms with Crippen molar-refractivity contribution in [2.75, 3.05) is 24.7 Å². The molecule has 2 amide bonds. The molecule has 0 aromatic heterocycles. The molecular formula is C26H30N2O5S. The van der Waals surface area contributed by atoms with E-state index < -0.39 is 30.4 Å². The molecule has 180 valence electrons. The van der Waals surface area contributed by atoms with Crippen LogP contribution in [0.1, 0.15) is 42.7 Å². The number of carbonyl (C=O) groups excluding carboxylic acids is 2. The topological polar surface area (TPSA) is 105 Å². The number of amides is 2. The van der Waals surface area contributed by atoms with Gasteiger partial charge in [-0.15, -0.1) is 0 Å². The maximum absolute atomic E-state index is 12.7. The number of alkyl carbamates (subject to hydrolysis) is 1. The number of nitrogens with one attached hydrogen (secondary N) is 2. The lowest BCUT2D eigenvalue weighted by Gasteiger charge is -2.20. The number of thioether (sulfide) groups is 1. The van der Waals surface area contributed by atoms with E-state index >= 15 is 0 Å². The van der Waals surface area contributed by atoms with Gasteiger partial charge in [0.1, 0.15) is 12.6 Å². The summed E-state index contributed by atoms with van der Waals surface area (Å²) in [4.78, 5) is 36.6. The Morgan fingerprint density at radius 2 is 1.68 bits per heavy atom. The van der Waals surface area contributed by atoms with Gasteiger partial charge in [-0.3, -0.25) is 9.59 Å². The summed E-state index contributed by atoms with van der Waals surface area (Å²) in [6.07, 6.45) is 1.87. The lowest BCUT2D eigenvalue weighted by atomic mass is 9.98. The molecule has 2 aromatic rings. The molecule has 34 heavy (non-hydrogen) atoms. The predicted octanol–water partition coefficient (Wildman–Crippen LogP) is 4.02.